The van der Waals surface area contributed by atoms with Gasteiger partial charge in [-0.25, -0.2) is 9.97 Å². The van der Waals surface area contributed by atoms with E-state index in [0.29, 0.717) is 18.0 Å². The van der Waals surface area contributed by atoms with Gasteiger partial charge in [0.1, 0.15) is 0 Å². The number of hydrogen-bond acceptors (Lipinski definition) is 4. The van der Waals surface area contributed by atoms with Gasteiger partial charge in [0.05, 0.1) is 12.1 Å². The molecule has 162 valence electrons. The number of nitrogens with zero attached hydrogens (tertiary/aromatic N) is 3. The molecule has 2 aromatic carbocycles. The maximum absolute atomic E-state index is 13.2. The number of benzene rings is 2. The van der Waals surface area contributed by atoms with E-state index in [2.05, 4.69) is 21.0 Å². The lowest BCUT2D eigenvalue weighted by Crippen LogP contribution is -2.40. The molecule has 1 amide bonds. The molecule has 2 aromatic heterocycles. The van der Waals surface area contributed by atoms with Crippen LogP contribution < -0.4 is 5.73 Å². The normalized spacial score (nSPS) is 16.4. The van der Waals surface area contributed by atoms with Crippen molar-refractivity contribution in [3.63, 3.8) is 0 Å². The third kappa shape index (κ3) is 4.06. The smallest absolute Gasteiger partial charge is 0.227 e. The molecule has 1 aliphatic rings. The van der Waals surface area contributed by atoms with E-state index in [1.807, 2.05) is 53.6 Å². The number of halogens is 1. The van der Waals surface area contributed by atoms with Crippen molar-refractivity contribution in [2.75, 3.05) is 18.8 Å². The number of nitrogens with one attached hydrogen (secondary N) is 1. The molecule has 0 saturated carbocycles. The number of aromatic amines is 1. The highest BCUT2D eigenvalue weighted by atomic mass is 35.5. The summed E-state index contributed by atoms with van der Waals surface area (Å²) in [6.07, 6.45) is 5.97. The van der Waals surface area contributed by atoms with E-state index in [4.69, 9.17) is 17.3 Å². The molecule has 7 heteroatoms. The number of nitrogen functional groups attached to an aromatic ring is 1. The zero-order chi connectivity index (χ0) is 22.1. The van der Waals surface area contributed by atoms with E-state index < -0.39 is 0 Å². The molecule has 0 bridgehead atoms. The minimum atomic E-state index is 0.103. The molecule has 0 aliphatic carbocycles. The van der Waals surface area contributed by atoms with Crippen molar-refractivity contribution < 1.29 is 4.79 Å². The molecule has 6 nitrogen and oxygen atoms in total. The highest BCUT2D eigenvalue weighted by Crippen LogP contribution is 2.34. The SMILES string of the molecule is Nc1ncc(-c2ccc(Cl)cc2)c([C@H]2CCCN(C(=O)Cc3c[nH]c4ccccc34)C2)n1. The van der Waals surface area contributed by atoms with Crippen molar-refractivity contribution in [3.05, 3.63) is 77.2 Å². The van der Waals surface area contributed by atoms with Crippen LogP contribution in [0.5, 0.6) is 0 Å². The first-order chi connectivity index (χ1) is 15.6. The Hall–Kier alpha value is -3.38. The first-order valence-corrected chi connectivity index (χ1v) is 11.2. The fourth-order valence-corrected chi connectivity index (χ4v) is 4.68. The van der Waals surface area contributed by atoms with Crippen molar-refractivity contribution >= 4 is 34.4 Å². The molecule has 3 heterocycles. The highest BCUT2D eigenvalue weighted by molar-refractivity contribution is 6.30. The van der Waals surface area contributed by atoms with Crippen LogP contribution in [0.2, 0.25) is 5.02 Å². The number of H-pyrrole nitrogens is 1. The molecule has 1 fully saturated rings. The Labute approximate surface area is 191 Å². The van der Waals surface area contributed by atoms with Crippen molar-refractivity contribution in [3.8, 4) is 11.1 Å². The molecule has 4 aromatic rings. The van der Waals surface area contributed by atoms with E-state index in [0.717, 1.165) is 52.7 Å². The summed E-state index contributed by atoms with van der Waals surface area (Å²) in [5.74, 6) is 0.487. The summed E-state index contributed by atoms with van der Waals surface area (Å²) in [7, 11) is 0. The van der Waals surface area contributed by atoms with Crippen molar-refractivity contribution in [1.29, 1.82) is 0 Å². The molecule has 32 heavy (non-hydrogen) atoms. The zero-order valence-electron chi connectivity index (χ0n) is 17.6. The minimum Gasteiger partial charge on any atom is -0.368 e. The van der Waals surface area contributed by atoms with Gasteiger partial charge in [0.15, 0.2) is 0 Å². The van der Waals surface area contributed by atoms with E-state index in [1.165, 1.54) is 0 Å². The largest absolute Gasteiger partial charge is 0.368 e. The Morgan fingerprint density at radius 3 is 2.84 bits per heavy atom. The minimum absolute atomic E-state index is 0.103. The number of anilines is 1. The predicted octanol–water partition coefficient (Wildman–Crippen LogP) is 4.81. The lowest BCUT2D eigenvalue weighted by atomic mass is 9.89. The number of carbonyl (C=O) groups excluding carboxylic acids is 1. The second-order valence-electron chi connectivity index (χ2n) is 8.25. The van der Waals surface area contributed by atoms with Crippen molar-refractivity contribution in [2.24, 2.45) is 0 Å². The number of likely N-dealkylation sites (tertiary alicyclic amines) is 1. The van der Waals surface area contributed by atoms with Crippen LogP contribution in [-0.2, 0) is 11.2 Å². The Morgan fingerprint density at radius 2 is 2.00 bits per heavy atom. The average Bonchev–Trinajstić information content (AvgIpc) is 3.22. The van der Waals surface area contributed by atoms with Crippen LogP contribution in [0.3, 0.4) is 0 Å². The van der Waals surface area contributed by atoms with Gasteiger partial charge >= 0.3 is 0 Å². The van der Waals surface area contributed by atoms with Crippen LogP contribution in [0.25, 0.3) is 22.0 Å². The van der Waals surface area contributed by atoms with Crippen molar-refractivity contribution in [1.82, 2.24) is 19.9 Å². The molecule has 1 aliphatic heterocycles. The Kier molecular flexibility index (Phi) is 5.53. The van der Waals surface area contributed by atoms with Crippen LogP contribution in [0.15, 0.2) is 60.9 Å². The van der Waals surface area contributed by atoms with Crippen LogP contribution in [-0.4, -0.2) is 38.8 Å². The summed E-state index contributed by atoms with van der Waals surface area (Å²) >= 11 is 6.06. The summed E-state index contributed by atoms with van der Waals surface area (Å²) < 4.78 is 0. The quantitative estimate of drug-likeness (QED) is 0.472. The van der Waals surface area contributed by atoms with Crippen LogP contribution in [0.1, 0.15) is 30.0 Å². The fraction of sp³-hybridized carbons (Fsp3) is 0.240. The first-order valence-electron chi connectivity index (χ1n) is 10.8. The number of rotatable bonds is 4. The third-order valence-corrected chi connectivity index (χ3v) is 6.42. The van der Waals surface area contributed by atoms with Gasteiger partial charge in [-0.15, -0.1) is 0 Å². The Morgan fingerprint density at radius 1 is 1.19 bits per heavy atom. The molecular formula is C25H24ClN5O. The third-order valence-electron chi connectivity index (χ3n) is 6.17. The summed E-state index contributed by atoms with van der Waals surface area (Å²) in [6.45, 7) is 1.38. The molecule has 0 unspecified atom stereocenters. The standard InChI is InChI=1S/C25H24ClN5O/c26-19-9-7-16(8-10-19)21-14-29-25(27)30-24(21)17-4-3-11-31(15-17)23(32)12-18-13-28-22-6-2-1-5-20(18)22/h1-2,5-10,13-14,17,28H,3-4,11-12,15H2,(H2,27,29,30)/t17-/m0/s1. The Bertz CT molecular complexity index is 1270. The van der Waals surface area contributed by atoms with E-state index in [9.17, 15) is 4.79 Å². The lowest BCUT2D eigenvalue weighted by molar-refractivity contribution is -0.131. The van der Waals surface area contributed by atoms with Gasteiger partial charge in [-0.2, -0.15) is 0 Å². The van der Waals surface area contributed by atoms with E-state index in [1.54, 1.807) is 6.20 Å². The van der Waals surface area contributed by atoms with Gasteiger partial charge in [-0.1, -0.05) is 41.9 Å². The maximum atomic E-state index is 13.2. The predicted molar refractivity (Wildman–Crippen MR) is 127 cm³/mol. The fourth-order valence-electron chi connectivity index (χ4n) is 4.55. The summed E-state index contributed by atoms with van der Waals surface area (Å²) in [5, 5.41) is 1.78. The molecule has 3 N–H and O–H groups in total. The molecule has 0 radical (unpaired) electrons. The molecule has 5 rings (SSSR count). The summed E-state index contributed by atoms with van der Waals surface area (Å²) in [4.78, 5) is 27.2. The zero-order valence-corrected chi connectivity index (χ0v) is 18.3. The molecule has 1 saturated heterocycles. The van der Waals surface area contributed by atoms with Gasteiger partial charge in [0.2, 0.25) is 11.9 Å². The van der Waals surface area contributed by atoms with Crippen LogP contribution >= 0.6 is 11.6 Å². The number of aromatic nitrogens is 3. The number of amides is 1. The van der Waals surface area contributed by atoms with E-state index >= 15 is 0 Å². The van der Waals surface area contributed by atoms with Gasteiger partial charge in [0.25, 0.3) is 0 Å². The monoisotopic (exact) mass is 445 g/mol. The lowest BCUT2D eigenvalue weighted by Gasteiger charge is -2.33. The van der Waals surface area contributed by atoms with Crippen LogP contribution in [0, 0.1) is 0 Å². The molecular weight excluding hydrogens is 422 g/mol. The van der Waals surface area contributed by atoms with Crippen LogP contribution in [0.4, 0.5) is 5.95 Å². The molecule has 1 atom stereocenters. The second-order valence-corrected chi connectivity index (χ2v) is 8.69. The summed E-state index contributed by atoms with van der Waals surface area (Å²) in [6, 6.07) is 15.7. The maximum Gasteiger partial charge on any atom is 0.227 e. The number of hydrogen-bond donors (Lipinski definition) is 2. The Balaban J connectivity index is 1.38. The second kappa shape index (κ2) is 8.63. The summed E-state index contributed by atoms with van der Waals surface area (Å²) in [5.41, 5.74) is 10.8. The number of nitrogens with two attached hydrogens (primary N) is 1. The first kappa shape index (κ1) is 20.5. The van der Waals surface area contributed by atoms with Gasteiger partial charge < -0.3 is 15.6 Å². The van der Waals surface area contributed by atoms with Crippen molar-refractivity contribution in [2.45, 2.75) is 25.2 Å². The highest BCUT2D eigenvalue weighted by Gasteiger charge is 2.28. The van der Waals surface area contributed by atoms with Gasteiger partial charge in [0, 0.05) is 52.9 Å². The topological polar surface area (TPSA) is 87.9 Å². The number of fused-ring (bicyclic) bond motifs is 1. The van der Waals surface area contributed by atoms with Gasteiger partial charge in [-0.3, -0.25) is 4.79 Å². The average molecular weight is 446 g/mol. The number of para-hydroxylation sites is 1. The van der Waals surface area contributed by atoms with Gasteiger partial charge in [-0.05, 0) is 42.2 Å². The van der Waals surface area contributed by atoms with E-state index in [-0.39, 0.29) is 17.8 Å². The molecule has 0 spiro atoms. The number of carbonyl (C=O) groups is 1. The number of piperidine rings is 1.